The Hall–Kier alpha value is -1.90. The Morgan fingerprint density at radius 3 is 3.06 bits per heavy atom. The first-order chi connectivity index (χ1) is 8.24. The van der Waals surface area contributed by atoms with Crippen molar-refractivity contribution in [2.75, 3.05) is 0 Å². The summed E-state index contributed by atoms with van der Waals surface area (Å²) in [6, 6.07) is 0.349. The van der Waals surface area contributed by atoms with Gasteiger partial charge in [0.15, 0.2) is 5.69 Å². The smallest absolute Gasteiger partial charge is 0.357 e. The quantitative estimate of drug-likeness (QED) is 0.854. The van der Waals surface area contributed by atoms with E-state index in [-0.39, 0.29) is 10.9 Å². The molecule has 17 heavy (non-hydrogen) atoms. The summed E-state index contributed by atoms with van der Waals surface area (Å²) in [5.74, 6) is -1.12. The summed E-state index contributed by atoms with van der Waals surface area (Å²) >= 11 is 1.11. The fourth-order valence-corrected chi connectivity index (χ4v) is 2.03. The van der Waals surface area contributed by atoms with Crippen molar-refractivity contribution in [2.45, 2.75) is 29.3 Å². The predicted molar refractivity (Wildman–Crippen MR) is 53.7 cm³/mol. The van der Waals surface area contributed by atoms with Gasteiger partial charge in [-0.3, -0.25) is 0 Å². The van der Waals surface area contributed by atoms with Crippen LogP contribution in [0, 0.1) is 0 Å². The van der Waals surface area contributed by atoms with Crippen LogP contribution >= 0.6 is 11.8 Å². The van der Waals surface area contributed by atoms with Gasteiger partial charge in [-0.2, -0.15) is 4.98 Å². The summed E-state index contributed by atoms with van der Waals surface area (Å²) in [5, 5.41) is 20.8. The molecule has 0 saturated heterocycles. The van der Waals surface area contributed by atoms with Crippen molar-refractivity contribution in [2.24, 2.45) is 0 Å². The van der Waals surface area contributed by atoms with Gasteiger partial charge in [0.05, 0.1) is 6.04 Å². The Morgan fingerprint density at radius 2 is 2.41 bits per heavy atom. The number of aromatic nitrogens is 5. The number of carboxylic acids is 1. The predicted octanol–water partition coefficient (Wildman–Crippen LogP) is 0.845. The number of aromatic carboxylic acids is 1. The lowest BCUT2D eigenvalue weighted by atomic mass is 10.5. The van der Waals surface area contributed by atoms with E-state index in [1.165, 1.54) is 0 Å². The number of tetrazole rings is 1. The number of hydrogen-bond acceptors (Lipinski definition) is 7. The third-order valence-electron chi connectivity index (χ3n) is 2.24. The van der Waals surface area contributed by atoms with Gasteiger partial charge in [-0.1, -0.05) is 0 Å². The van der Waals surface area contributed by atoms with Gasteiger partial charge >= 0.3 is 5.97 Å². The second-order valence-corrected chi connectivity index (χ2v) is 4.46. The monoisotopic (exact) mass is 253 g/mol. The zero-order valence-electron chi connectivity index (χ0n) is 8.48. The Morgan fingerprint density at radius 1 is 1.59 bits per heavy atom. The van der Waals surface area contributed by atoms with E-state index in [4.69, 9.17) is 9.52 Å². The van der Waals surface area contributed by atoms with Gasteiger partial charge in [0, 0.05) is 11.8 Å². The number of nitrogens with zero attached hydrogens (tertiary/aromatic N) is 5. The maximum atomic E-state index is 10.6. The molecule has 0 bridgehead atoms. The lowest BCUT2D eigenvalue weighted by Gasteiger charge is -1.97. The minimum atomic E-state index is -1.12. The molecule has 1 fully saturated rings. The molecular formula is C8H7N5O3S. The molecule has 9 heteroatoms. The topological polar surface area (TPSA) is 107 Å². The van der Waals surface area contributed by atoms with E-state index in [0.717, 1.165) is 30.9 Å². The molecule has 0 unspecified atom stereocenters. The van der Waals surface area contributed by atoms with E-state index in [1.54, 1.807) is 4.68 Å². The molecule has 2 heterocycles. The van der Waals surface area contributed by atoms with Gasteiger partial charge in [0.2, 0.25) is 5.16 Å². The van der Waals surface area contributed by atoms with Crippen molar-refractivity contribution >= 4 is 17.7 Å². The lowest BCUT2D eigenvalue weighted by molar-refractivity contribution is 0.0690. The molecule has 0 atom stereocenters. The van der Waals surface area contributed by atoms with Gasteiger partial charge < -0.3 is 9.52 Å². The molecule has 0 aliphatic heterocycles. The van der Waals surface area contributed by atoms with Crippen LogP contribution in [0.2, 0.25) is 0 Å². The van der Waals surface area contributed by atoms with Crippen molar-refractivity contribution < 1.29 is 14.3 Å². The first kappa shape index (κ1) is 10.3. The first-order valence-electron chi connectivity index (χ1n) is 4.88. The molecule has 1 aliphatic rings. The van der Waals surface area contributed by atoms with Crippen molar-refractivity contribution in [3.63, 3.8) is 0 Å². The third-order valence-corrected chi connectivity index (χ3v) is 3.05. The Bertz CT molecular complexity index is 561. The van der Waals surface area contributed by atoms with E-state index in [0.29, 0.717) is 11.2 Å². The minimum absolute atomic E-state index is 0.127. The highest BCUT2D eigenvalue weighted by Gasteiger charge is 2.28. The molecule has 0 amide bonds. The fourth-order valence-electron chi connectivity index (χ4n) is 1.28. The molecule has 0 radical (unpaired) electrons. The van der Waals surface area contributed by atoms with Crippen LogP contribution in [-0.2, 0) is 0 Å². The van der Waals surface area contributed by atoms with Gasteiger partial charge in [-0.25, -0.2) is 9.48 Å². The zero-order valence-corrected chi connectivity index (χ0v) is 9.29. The SMILES string of the molecule is O=C(O)c1coc(Sc2nnnn2C2CC2)n1. The van der Waals surface area contributed by atoms with E-state index >= 15 is 0 Å². The minimum Gasteiger partial charge on any atom is -0.476 e. The number of carboxylic acid groups (broad SMARTS) is 1. The van der Waals surface area contributed by atoms with Gasteiger partial charge in [-0.15, -0.1) is 5.10 Å². The maximum absolute atomic E-state index is 10.6. The van der Waals surface area contributed by atoms with E-state index in [9.17, 15) is 4.79 Å². The summed E-state index contributed by atoms with van der Waals surface area (Å²) < 4.78 is 6.72. The zero-order chi connectivity index (χ0) is 11.8. The van der Waals surface area contributed by atoms with Crippen molar-refractivity contribution in [1.82, 2.24) is 25.2 Å². The molecule has 2 aromatic rings. The van der Waals surface area contributed by atoms with Crippen LogP contribution in [0.15, 0.2) is 21.1 Å². The van der Waals surface area contributed by atoms with Crippen molar-refractivity contribution in [3.8, 4) is 0 Å². The summed E-state index contributed by atoms with van der Waals surface area (Å²) in [5.41, 5.74) is -0.127. The average Bonchev–Trinajstić information content (AvgIpc) is 2.86. The second kappa shape index (κ2) is 3.84. The maximum Gasteiger partial charge on any atom is 0.357 e. The molecule has 8 nitrogen and oxygen atoms in total. The van der Waals surface area contributed by atoms with Crippen LogP contribution in [0.25, 0.3) is 0 Å². The van der Waals surface area contributed by atoms with Gasteiger partial charge in [0.25, 0.3) is 5.22 Å². The van der Waals surface area contributed by atoms with Crippen LogP contribution in [0.4, 0.5) is 0 Å². The average molecular weight is 253 g/mol. The first-order valence-corrected chi connectivity index (χ1v) is 5.70. The lowest BCUT2D eigenvalue weighted by Crippen LogP contribution is -1.99. The van der Waals surface area contributed by atoms with E-state index in [1.807, 2.05) is 0 Å². The van der Waals surface area contributed by atoms with Crippen LogP contribution in [0.3, 0.4) is 0 Å². The summed E-state index contributed by atoms with van der Waals surface area (Å²) in [4.78, 5) is 14.4. The molecule has 1 aliphatic carbocycles. The number of carbonyl (C=O) groups is 1. The third kappa shape index (κ3) is 2.00. The van der Waals surface area contributed by atoms with Crippen LogP contribution < -0.4 is 0 Å². The highest BCUT2D eigenvalue weighted by molar-refractivity contribution is 7.98. The largest absolute Gasteiger partial charge is 0.476 e. The van der Waals surface area contributed by atoms with Crippen LogP contribution in [0.1, 0.15) is 29.4 Å². The molecule has 1 N–H and O–H groups in total. The fraction of sp³-hybridized carbons (Fsp3) is 0.375. The molecular weight excluding hydrogens is 246 g/mol. The number of hydrogen-bond donors (Lipinski definition) is 1. The van der Waals surface area contributed by atoms with E-state index in [2.05, 4.69) is 20.5 Å². The summed E-state index contributed by atoms with van der Waals surface area (Å²) in [7, 11) is 0. The normalized spacial score (nSPS) is 15.1. The van der Waals surface area contributed by atoms with Crippen LogP contribution in [0.5, 0.6) is 0 Å². The standard InChI is InChI=1S/C8H7N5O3S/c14-6(15)5-3-16-8(9-5)17-7-10-11-12-13(7)4-1-2-4/h3-4H,1-2H2,(H,14,15). The van der Waals surface area contributed by atoms with Crippen molar-refractivity contribution in [3.05, 3.63) is 12.0 Å². The number of rotatable bonds is 4. The highest BCUT2D eigenvalue weighted by atomic mass is 32.2. The Labute approximate surface area is 99.0 Å². The molecule has 0 aromatic carbocycles. The molecule has 88 valence electrons. The van der Waals surface area contributed by atoms with Gasteiger partial charge in [-0.05, 0) is 23.3 Å². The molecule has 3 rings (SSSR count). The van der Waals surface area contributed by atoms with Crippen molar-refractivity contribution in [1.29, 1.82) is 0 Å². The van der Waals surface area contributed by atoms with Crippen LogP contribution in [-0.4, -0.2) is 36.3 Å². The summed E-state index contributed by atoms with van der Waals surface area (Å²) in [6.07, 6.45) is 3.21. The summed E-state index contributed by atoms with van der Waals surface area (Å²) in [6.45, 7) is 0. The van der Waals surface area contributed by atoms with Gasteiger partial charge in [0.1, 0.15) is 6.26 Å². The highest BCUT2D eigenvalue weighted by Crippen LogP contribution is 2.37. The Kier molecular flexibility index (Phi) is 2.32. The molecule has 1 saturated carbocycles. The Balaban J connectivity index is 1.81. The van der Waals surface area contributed by atoms with E-state index < -0.39 is 5.97 Å². The second-order valence-electron chi connectivity index (χ2n) is 3.54. The number of oxazole rings is 1. The molecule has 0 spiro atoms. The molecule has 2 aromatic heterocycles.